The normalized spacial score (nSPS) is 18.0. The Morgan fingerprint density at radius 3 is 3.17 bits per heavy atom. The minimum absolute atomic E-state index is 0.156. The molecule has 0 saturated carbocycles. The van der Waals surface area contributed by atoms with E-state index in [1.54, 1.807) is 12.4 Å². The number of amides is 1. The lowest BCUT2D eigenvalue weighted by molar-refractivity contribution is 0.0945. The molecular weight excluding hydrogens is 308 g/mol. The van der Waals surface area contributed by atoms with Crippen LogP contribution in [0.3, 0.4) is 0 Å². The predicted molar refractivity (Wildman–Crippen MR) is 88.5 cm³/mol. The quantitative estimate of drug-likeness (QED) is 0.791. The molecule has 24 heavy (non-hydrogen) atoms. The molecule has 3 rings (SSSR count). The summed E-state index contributed by atoms with van der Waals surface area (Å²) in [6, 6.07) is 3.18. The summed E-state index contributed by atoms with van der Waals surface area (Å²) in [5.74, 6) is 1.04. The van der Waals surface area contributed by atoms with E-state index in [0.29, 0.717) is 12.5 Å². The Bertz CT molecular complexity index is 753. The molecule has 0 radical (unpaired) electrons. The molecule has 1 saturated heterocycles. The van der Waals surface area contributed by atoms with Crippen LogP contribution in [0.25, 0.3) is 0 Å². The Balaban J connectivity index is 1.49. The van der Waals surface area contributed by atoms with Gasteiger partial charge in [-0.05, 0) is 37.9 Å². The second-order valence-corrected chi connectivity index (χ2v) is 6.00. The van der Waals surface area contributed by atoms with Crippen molar-refractivity contribution in [2.45, 2.75) is 26.4 Å². The van der Waals surface area contributed by atoms with Gasteiger partial charge in [-0.2, -0.15) is 5.10 Å². The van der Waals surface area contributed by atoms with Crippen LogP contribution in [-0.4, -0.2) is 50.2 Å². The van der Waals surface area contributed by atoms with Gasteiger partial charge in [-0.1, -0.05) is 0 Å². The average Bonchev–Trinajstić information content (AvgIpc) is 3.22. The number of hydrogen-bond acceptors (Lipinski definition) is 5. The second kappa shape index (κ2) is 7.39. The van der Waals surface area contributed by atoms with Crippen LogP contribution in [0.2, 0.25) is 0 Å². The van der Waals surface area contributed by atoms with E-state index in [2.05, 4.69) is 25.3 Å². The van der Waals surface area contributed by atoms with Gasteiger partial charge in [0, 0.05) is 25.8 Å². The first-order chi connectivity index (χ1) is 11.7. The monoisotopic (exact) mass is 330 g/mol. The third-order valence-electron chi connectivity index (χ3n) is 4.34. The summed E-state index contributed by atoms with van der Waals surface area (Å²) in [6.07, 6.45) is 4.12. The second-order valence-electron chi connectivity index (χ2n) is 6.00. The lowest BCUT2D eigenvalue weighted by Gasteiger charge is -2.16. The molecule has 0 bridgehead atoms. The molecule has 0 aromatic carbocycles. The van der Waals surface area contributed by atoms with Crippen LogP contribution in [0, 0.1) is 5.92 Å². The van der Waals surface area contributed by atoms with Gasteiger partial charge in [-0.3, -0.25) is 14.5 Å². The van der Waals surface area contributed by atoms with E-state index in [1.807, 2.05) is 11.6 Å². The molecule has 1 fully saturated rings. The molecule has 8 nitrogen and oxygen atoms in total. The Morgan fingerprint density at radius 1 is 1.50 bits per heavy atom. The number of likely N-dealkylation sites (tertiary alicyclic amines) is 1. The van der Waals surface area contributed by atoms with Crippen molar-refractivity contribution in [2.75, 3.05) is 19.6 Å². The van der Waals surface area contributed by atoms with Crippen molar-refractivity contribution in [2.24, 2.45) is 5.92 Å². The van der Waals surface area contributed by atoms with Gasteiger partial charge >= 0.3 is 0 Å². The number of aryl methyl sites for hydroxylation is 1. The number of aromatic amines is 1. The molecule has 3 heterocycles. The van der Waals surface area contributed by atoms with Gasteiger partial charge in [-0.25, -0.2) is 9.67 Å². The first-order valence-corrected chi connectivity index (χ1v) is 8.22. The number of nitrogens with zero attached hydrogens (tertiary/aromatic N) is 4. The van der Waals surface area contributed by atoms with Crippen LogP contribution >= 0.6 is 0 Å². The maximum absolute atomic E-state index is 12.1. The SMILES string of the molecule is CCn1ncnc1CN1CC[C@@H](CNC(=O)c2ccc[nH]c2=O)C1. The molecule has 0 spiro atoms. The first kappa shape index (κ1) is 16.4. The summed E-state index contributed by atoms with van der Waals surface area (Å²) in [7, 11) is 0. The van der Waals surface area contributed by atoms with Gasteiger partial charge in [0.2, 0.25) is 0 Å². The third-order valence-corrected chi connectivity index (χ3v) is 4.34. The van der Waals surface area contributed by atoms with Crippen molar-refractivity contribution in [3.8, 4) is 0 Å². The molecule has 0 unspecified atom stereocenters. The molecule has 2 aromatic rings. The molecule has 1 atom stereocenters. The number of pyridine rings is 1. The van der Waals surface area contributed by atoms with Gasteiger partial charge < -0.3 is 10.3 Å². The summed E-state index contributed by atoms with van der Waals surface area (Å²) < 4.78 is 1.90. The fourth-order valence-electron chi connectivity index (χ4n) is 3.03. The van der Waals surface area contributed by atoms with Crippen molar-refractivity contribution in [1.29, 1.82) is 0 Å². The summed E-state index contributed by atoms with van der Waals surface area (Å²) in [5, 5.41) is 7.05. The highest BCUT2D eigenvalue weighted by Gasteiger charge is 2.24. The molecular formula is C16H22N6O2. The molecule has 1 amide bonds. The summed E-state index contributed by atoms with van der Waals surface area (Å²) >= 11 is 0. The minimum atomic E-state index is -0.359. The van der Waals surface area contributed by atoms with E-state index in [4.69, 9.17) is 0 Å². The highest BCUT2D eigenvalue weighted by molar-refractivity contribution is 5.93. The van der Waals surface area contributed by atoms with Gasteiger partial charge in [0.05, 0.1) is 6.54 Å². The fraction of sp³-hybridized carbons (Fsp3) is 0.500. The van der Waals surface area contributed by atoms with E-state index in [-0.39, 0.29) is 17.0 Å². The van der Waals surface area contributed by atoms with Gasteiger partial charge in [0.25, 0.3) is 11.5 Å². The summed E-state index contributed by atoms with van der Waals surface area (Å²) in [6.45, 7) is 6.09. The zero-order chi connectivity index (χ0) is 16.9. The van der Waals surface area contributed by atoms with Crippen molar-refractivity contribution >= 4 is 5.91 Å². The number of hydrogen-bond donors (Lipinski definition) is 2. The van der Waals surface area contributed by atoms with E-state index >= 15 is 0 Å². The van der Waals surface area contributed by atoms with Crippen molar-refractivity contribution < 1.29 is 4.79 Å². The maximum Gasteiger partial charge on any atom is 0.260 e. The van der Waals surface area contributed by atoms with E-state index < -0.39 is 0 Å². The summed E-state index contributed by atoms with van der Waals surface area (Å²) in [5.41, 5.74) is -0.203. The zero-order valence-electron chi connectivity index (χ0n) is 13.7. The van der Waals surface area contributed by atoms with Crippen LogP contribution in [0.5, 0.6) is 0 Å². The Kier molecular flexibility index (Phi) is 5.05. The molecule has 1 aliphatic heterocycles. The van der Waals surface area contributed by atoms with Crippen molar-refractivity contribution in [3.05, 3.63) is 46.4 Å². The van der Waals surface area contributed by atoms with Crippen LogP contribution in [-0.2, 0) is 13.1 Å². The Hall–Kier alpha value is -2.48. The van der Waals surface area contributed by atoms with E-state index in [0.717, 1.165) is 38.4 Å². The molecule has 128 valence electrons. The largest absolute Gasteiger partial charge is 0.352 e. The lowest BCUT2D eigenvalue weighted by Crippen LogP contribution is -2.34. The van der Waals surface area contributed by atoms with Crippen LogP contribution in [0.1, 0.15) is 29.5 Å². The standard InChI is InChI=1S/C16H22N6O2/c1-2-22-14(19-11-20-22)10-21-7-5-12(9-21)8-18-16(24)13-4-3-6-17-15(13)23/h3-4,6,11-12H,2,5,7-10H2,1H3,(H,17,23)(H,18,24)/t12-/m0/s1. The first-order valence-electron chi connectivity index (χ1n) is 8.22. The average molecular weight is 330 g/mol. The van der Waals surface area contributed by atoms with Crippen molar-refractivity contribution in [1.82, 2.24) is 30.0 Å². The number of carbonyl (C=O) groups is 1. The third kappa shape index (κ3) is 3.70. The number of carbonyl (C=O) groups excluding carboxylic acids is 1. The molecule has 8 heteroatoms. The van der Waals surface area contributed by atoms with E-state index in [1.165, 1.54) is 12.3 Å². The molecule has 2 N–H and O–H groups in total. The minimum Gasteiger partial charge on any atom is -0.352 e. The highest BCUT2D eigenvalue weighted by atomic mass is 16.2. The van der Waals surface area contributed by atoms with Gasteiger partial charge in [0.1, 0.15) is 17.7 Å². The zero-order valence-corrected chi connectivity index (χ0v) is 13.7. The topological polar surface area (TPSA) is 95.9 Å². The van der Waals surface area contributed by atoms with Crippen LogP contribution in [0.15, 0.2) is 29.5 Å². The van der Waals surface area contributed by atoms with Crippen LogP contribution < -0.4 is 10.9 Å². The highest BCUT2D eigenvalue weighted by Crippen LogP contribution is 2.17. The van der Waals surface area contributed by atoms with E-state index in [9.17, 15) is 9.59 Å². The molecule has 1 aliphatic rings. The fourth-order valence-corrected chi connectivity index (χ4v) is 3.03. The summed E-state index contributed by atoms with van der Waals surface area (Å²) in [4.78, 5) is 32.8. The maximum atomic E-state index is 12.1. The Labute approximate surface area is 139 Å². The number of aromatic nitrogens is 4. The van der Waals surface area contributed by atoms with Gasteiger partial charge in [-0.15, -0.1) is 0 Å². The molecule has 0 aliphatic carbocycles. The number of H-pyrrole nitrogens is 1. The predicted octanol–water partition coefficient (Wildman–Crippen LogP) is 0.238. The number of nitrogens with one attached hydrogen (secondary N) is 2. The smallest absolute Gasteiger partial charge is 0.260 e. The van der Waals surface area contributed by atoms with Crippen LogP contribution in [0.4, 0.5) is 0 Å². The van der Waals surface area contributed by atoms with Gasteiger partial charge in [0.15, 0.2) is 0 Å². The number of rotatable bonds is 6. The molecule has 2 aromatic heterocycles. The van der Waals surface area contributed by atoms with Crippen molar-refractivity contribution in [3.63, 3.8) is 0 Å². The lowest BCUT2D eigenvalue weighted by atomic mass is 10.1. The Morgan fingerprint density at radius 2 is 2.38 bits per heavy atom.